The van der Waals surface area contributed by atoms with Gasteiger partial charge < -0.3 is 15.4 Å². The van der Waals surface area contributed by atoms with Crippen LogP contribution in [0.25, 0.3) is 0 Å². The average Bonchev–Trinajstić information content (AvgIpc) is 2.49. The third-order valence-electron chi connectivity index (χ3n) is 4.43. The summed E-state index contributed by atoms with van der Waals surface area (Å²) in [5.74, 6) is 2.99. The third-order valence-corrected chi connectivity index (χ3v) is 5.47. The molecule has 2 N–H and O–H groups in total. The fourth-order valence-electron chi connectivity index (χ4n) is 3.33. The predicted octanol–water partition coefficient (Wildman–Crippen LogP) is 1.96. The molecule has 0 aliphatic carbocycles. The Morgan fingerprint density at radius 2 is 1.89 bits per heavy atom. The van der Waals surface area contributed by atoms with Crippen LogP contribution < -0.4 is 5.73 Å². The summed E-state index contributed by atoms with van der Waals surface area (Å²) in [4.78, 5) is 2.58. The molecule has 0 amide bonds. The van der Waals surface area contributed by atoms with Gasteiger partial charge in [0, 0.05) is 30.8 Å². The van der Waals surface area contributed by atoms with E-state index in [1.165, 1.54) is 31.0 Å². The SMILES string of the molecule is CC1(C)OC(C)(C)C(CN2CCCSCC2)C1N. The Morgan fingerprint density at radius 1 is 1.17 bits per heavy atom. The molecule has 2 rings (SSSR count). The zero-order chi connectivity index (χ0) is 13.4. The van der Waals surface area contributed by atoms with E-state index in [9.17, 15) is 0 Å². The van der Waals surface area contributed by atoms with Crippen molar-refractivity contribution in [3.8, 4) is 0 Å². The van der Waals surface area contributed by atoms with Gasteiger partial charge in [-0.1, -0.05) is 0 Å². The largest absolute Gasteiger partial charge is 0.368 e. The Labute approximate surface area is 116 Å². The van der Waals surface area contributed by atoms with Crippen molar-refractivity contribution in [2.75, 3.05) is 31.1 Å². The summed E-state index contributed by atoms with van der Waals surface area (Å²) in [6, 6.07) is 0.128. The van der Waals surface area contributed by atoms with E-state index in [2.05, 4.69) is 44.4 Å². The van der Waals surface area contributed by atoms with Gasteiger partial charge in [0.15, 0.2) is 0 Å². The van der Waals surface area contributed by atoms with E-state index in [0.717, 1.165) is 6.54 Å². The normalized spacial score (nSPS) is 36.5. The van der Waals surface area contributed by atoms with Crippen LogP contribution in [-0.2, 0) is 4.74 Å². The van der Waals surface area contributed by atoms with E-state index in [4.69, 9.17) is 10.5 Å². The maximum Gasteiger partial charge on any atom is 0.0788 e. The summed E-state index contributed by atoms with van der Waals surface area (Å²) in [7, 11) is 0. The Morgan fingerprint density at radius 3 is 2.50 bits per heavy atom. The van der Waals surface area contributed by atoms with Crippen molar-refractivity contribution < 1.29 is 4.74 Å². The van der Waals surface area contributed by atoms with Gasteiger partial charge in [-0.2, -0.15) is 11.8 Å². The molecule has 0 aromatic heterocycles. The summed E-state index contributed by atoms with van der Waals surface area (Å²) >= 11 is 2.07. The van der Waals surface area contributed by atoms with Crippen LogP contribution in [0.2, 0.25) is 0 Å². The van der Waals surface area contributed by atoms with Crippen molar-refractivity contribution in [1.29, 1.82) is 0 Å². The highest BCUT2D eigenvalue weighted by atomic mass is 32.2. The molecule has 2 unspecified atom stereocenters. The van der Waals surface area contributed by atoms with Gasteiger partial charge in [0.25, 0.3) is 0 Å². The number of nitrogens with two attached hydrogens (primary N) is 1. The first-order valence-corrected chi connectivity index (χ1v) is 8.24. The maximum atomic E-state index is 6.43. The van der Waals surface area contributed by atoms with Crippen LogP contribution in [-0.4, -0.2) is 53.3 Å². The number of thioether (sulfide) groups is 1. The predicted molar refractivity (Wildman–Crippen MR) is 79.1 cm³/mol. The summed E-state index contributed by atoms with van der Waals surface area (Å²) in [5, 5.41) is 0. The average molecular weight is 272 g/mol. The quantitative estimate of drug-likeness (QED) is 0.834. The minimum atomic E-state index is -0.200. The lowest BCUT2D eigenvalue weighted by atomic mass is 9.82. The molecule has 18 heavy (non-hydrogen) atoms. The van der Waals surface area contributed by atoms with Crippen LogP contribution in [0.5, 0.6) is 0 Å². The molecule has 0 aromatic carbocycles. The first kappa shape index (κ1) is 14.6. The van der Waals surface area contributed by atoms with Crippen molar-refractivity contribution in [3.63, 3.8) is 0 Å². The molecular formula is C14H28N2OS. The van der Waals surface area contributed by atoms with Crippen LogP contribution in [0.15, 0.2) is 0 Å². The molecule has 0 bridgehead atoms. The van der Waals surface area contributed by atoms with E-state index in [1.54, 1.807) is 0 Å². The number of hydrogen-bond donors (Lipinski definition) is 1. The zero-order valence-electron chi connectivity index (χ0n) is 12.2. The number of hydrogen-bond acceptors (Lipinski definition) is 4. The Kier molecular flexibility index (Phi) is 4.32. The molecule has 0 spiro atoms. The third kappa shape index (κ3) is 3.03. The smallest absolute Gasteiger partial charge is 0.0788 e. The number of rotatable bonds is 2. The van der Waals surface area contributed by atoms with Crippen LogP contribution >= 0.6 is 11.8 Å². The summed E-state index contributed by atoms with van der Waals surface area (Å²) in [5.41, 5.74) is 6.12. The van der Waals surface area contributed by atoms with Crippen LogP contribution in [0.3, 0.4) is 0 Å². The first-order chi connectivity index (χ1) is 8.33. The van der Waals surface area contributed by atoms with Gasteiger partial charge in [-0.25, -0.2) is 0 Å². The molecule has 2 aliphatic heterocycles. The molecule has 2 heterocycles. The van der Waals surface area contributed by atoms with Gasteiger partial charge in [0.05, 0.1) is 11.2 Å². The van der Waals surface area contributed by atoms with E-state index in [0.29, 0.717) is 5.92 Å². The highest BCUT2D eigenvalue weighted by Crippen LogP contribution is 2.41. The summed E-state index contributed by atoms with van der Waals surface area (Å²) < 4.78 is 6.18. The van der Waals surface area contributed by atoms with E-state index < -0.39 is 0 Å². The standard InChI is InChI=1S/C14H28N2OS/c1-13(2)11(12(15)14(3,4)17-13)10-16-6-5-8-18-9-7-16/h11-12H,5-10,15H2,1-4H3. The molecule has 2 atom stereocenters. The molecule has 0 saturated carbocycles. The van der Waals surface area contributed by atoms with Crippen molar-refractivity contribution >= 4 is 11.8 Å². The fourth-order valence-corrected chi connectivity index (χ4v) is 4.26. The summed E-state index contributed by atoms with van der Waals surface area (Å²) in [6.07, 6.45) is 1.30. The molecule has 2 fully saturated rings. The first-order valence-electron chi connectivity index (χ1n) is 7.09. The lowest BCUT2D eigenvalue weighted by Gasteiger charge is -2.32. The molecule has 2 aliphatic rings. The lowest BCUT2D eigenvalue weighted by molar-refractivity contribution is -0.0783. The maximum absolute atomic E-state index is 6.43. The zero-order valence-corrected chi connectivity index (χ0v) is 13.1. The second kappa shape index (κ2) is 5.31. The molecule has 2 saturated heterocycles. The highest BCUT2D eigenvalue weighted by Gasteiger charge is 2.52. The molecule has 3 nitrogen and oxygen atoms in total. The Hall–Kier alpha value is 0.230. The van der Waals surface area contributed by atoms with Crippen molar-refractivity contribution in [2.45, 2.75) is 51.4 Å². The number of ether oxygens (including phenoxy) is 1. The van der Waals surface area contributed by atoms with Gasteiger partial charge in [-0.3, -0.25) is 0 Å². The minimum absolute atomic E-state index is 0.109. The van der Waals surface area contributed by atoms with E-state index in [1.807, 2.05) is 0 Å². The van der Waals surface area contributed by atoms with Crippen molar-refractivity contribution in [1.82, 2.24) is 4.90 Å². The molecule has 106 valence electrons. The Balaban J connectivity index is 2.02. The van der Waals surface area contributed by atoms with Gasteiger partial charge in [-0.15, -0.1) is 0 Å². The summed E-state index contributed by atoms with van der Waals surface area (Å²) in [6.45, 7) is 12.1. The molecule has 4 heteroatoms. The Bertz CT molecular complexity index is 286. The lowest BCUT2D eigenvalue weighted by Crippen LogP contribution is -2.48. The van der Waals surface area contributed by atoms with Gasteiger partial charge in [0.2, 0.25) is 0 Å². The molecule has 0 aromatic rings. The minimum Gasteiger partial charge on any atom is -0.368 e. The van der Waals surface area contributed by atoms with E-state index in [-0.39, 0.29) is 17.2 Å². The van der Waals surface area contributed by atoms with Gasteiger partial charge in [-0.05, 0) is 46.4 Å². The molecular weight excluding hydrogens is 244 g/mol. The van der Waals surface area contributed by atoms with Crippen LogP contribution in [0.1, 0.15) is 34.1 Å². The van der Waals surface area contributed by atoms with Gasteiger partial charge in [0.1, 0.15) is 0 Å². The fraction of sp³-hybridized carbons (Fsp3) is 1.00. The van der Waals surface area contributed by atoms with E-state index >= 15 is 0 Å². The topological polar surface area (TPSA) is 38.5 Å². The number of nitrogens with zero attached hydrogens (tertiary/aromatic N) is 1. The second-order valence-electron chi connectivity index (χ2n) is 6.71. The van der Waals surface area contributed by atoms with Gasteiger partial charge >= 0.3 is 0 Å². The molecule has 0 radical (unpaired) electrons. The van der Waals surface area contributed by atoms with Crippen LogP contribution in [0.4, 0.5) is 0 Å². The van der Waals surface area contributed by atoms with Crippen LogP contribution in [0, 0.1) is 5.92 Å². The highest BCUT2D eigenvalue weighted by molar-refractivity contribution is 7.99. The second-order valence-corrected chi connectivity index (χ2v) is 7.93. The van der Waals surface area contributed by atoms with Crippen molar-refractivity contribution in [3.05, 3.63) is 0 Å². The van der Waals surface area contributed by atoms with Crippen molar-refractivity contribution in [2.24, 2.45) is 11.7 Å². The monoisotopic (exact) mass is 272 g/mol.